The number of rotatable bonds is 3. The standard InChI is InChI=1S/C17H31NO2/c1-14-3-2-4-15(11-14)13-18-16-5-8-20-17(12-16)6-9-19-10-7-17/h14-16,18H,2-13H2,1H3. The van der Waals surface area contributed by atoms with Crippen LogP contribution in [0.3, 0.4) is 0 Å². The zero-order valence-corrected chi connectivity index (χ0v) is 13.0. The van der Waals surface area contributed by atoms with Crippen molar-refractivity contribution < 1.29 is 9.47 Å². The molecule has 3 unspecified atom stereocenters. The first-order valence-electron chi connectivity index (χ1n) is 8.71. The minimum Gasteiger partial charge on any atom is -0.381 e. The van der Waals surface area contributed by atoms with Gasteiger partial charge in [0.1, 0.15) is 0 Å². The lowest BCUT2D eigenvalue weighted by Crippen LogP contribution is -2.50. The van der Waals surface area contributed by atoms with Crippen LogP contribution in [0.15, 0.2) is 0 Å². The summed E-state index contributed by atoms with van der Waals surface area (Å²) in [6.07, 6.45) is 10.3. The molecule has 3 aliphatic rings. The molecular formula is C17H31NO2. The van der Waals surface area contributed by atoms with Gasteiger partial charge in [0, 0.05) is 25.9 Å². The Balaban J connectivity index is 1.45. The van der Waals surface area contributed by atoms with E-state index in [1.54, 1.807) is 0 Å². The van der Waals surface area contributed by atoms with Crippen LogP contribution in [0.4, 0.5) is 0 Å². The van der Waals surface area contributed by atoms with Crippen molar-refractivity contribution in [2.45, 2.75) is 69.9 Å². The van der Waals surface area contributed by atoms with E-state index in [1.165, 1.54) is 45.1 Å². The first-order chi connectivity index (χ1) is 9.76. The van der Waals surface area contributed by atoms with Gasteiger partial charge in [-0.1, -0.05) is 19.8 Å². The van der Waals surface area contributed by atoms with Crippen LogP contribution in [0.1, 0.15) is 58.3 Å². The summed E-state index contributed by atoms with van der Waals surface area (Å²) in [6, 6.07) is 0.666. The van der Waals surface area contributed by atoms with Crippen molar-refractivity contribution in [3.63, 3.8) is 0 Å². The van der Waals surface area contributed by atoms with Crippen molar-refractivity contribution in [3.05, 3.63) is 0 Å². The Kier molecular flexibility index (Phi) is 5.00. The fourth-order valence-electron chi connectivity index (χ4n) is 4.37. The van der Waals surface area contributed by atoms with Gasteiger partial charge in [-0.3, -0.25) is 0 Å². The molecule has 1 saturated carbocycles. The van der Waals surface area contributed by atoms with E-state index < -0.39 is 0 Å². The van der Waals surface area contributed by atoms with Gasteiger partial charge in [0.2, 0.25) is 0 Å². The fourth-order valence-corrected chi connectivity index (χ4v) is 4.37. The third-order valence-corrected chi connectivity index (χ3v) is 5.64. The second kappa shape index (κ2) is 6.76. The SMILES string of the molecule is CC1CCCC(CNC2CCOC3(CCOCC3)C2)C1. The largest absolute Gasteiger partial charge is 0.381 e. The Bertz CT molecular complexity index is 296. The molecule has 0 bridgehead atoms. The summed E-state index contributed by atoms with van der Waals surface area (Å²) >= 11 is 0. The highest BCUT2D eigenvalue weighted by molar-refractivity contribution is 4.92. The fraction of sp³-hybridized carbons (Fsp3) is 1.00. The van der Waals surface area contributed by atoms with Gasteiger partial charge in [-0.2, -0.15) is 0 Å². The average molecular weight is 281 g/mol. The van der Waals surface area contributed by atoms with E-state index in [0.717, 1.165) is 44.5 Å². The first-order valence-corrected chi connectivity index (χ1v) is 8.71. The Morgan fingerprint density at radius 1 is 1.10 bits per heavy atom. The van der Waals surface area contributed by atoms with Crippen molar-refractivity contribution in [3.8, 4) is 0 Å². The monoisotopic (exact) mass is 281 g/mol. The summed E-state index contributed by atoms with van der Waals surface area (Å²) in [4.78, 5) is 0. The van der Waals surface area contributed by atoms with Crippen LogP contribution < -0.4 is 5.32 Å². The van der Waals surface area contributed by atoms with Crippen LogP contribution in [-0.4, -0.2) is 38.0 Å². The summed E-state index contributed by atoms with van der Waals surface area (Å²) < 4.78 is 11.6. The molecule has 1 spiro atoms. The van der Waals surface area contributed by atoms with Gasteiger partial charge in [0.15, 0.2) is 0 Å². The van der Waals surface area contributed by atoms with Gasteiger partial charge >= 0.3 is 0 Å². The van der Waals surface area contributed by atoms with E-state index in [2.05, 4.69) is 12.2 Å². The highest BCUT2D eigenvalue weighted by Gasteiger charge is 2.39. The topological polar surface area (TPSA) is 30.5 Å². The number of ether oxygens (including phenoxy) is 2. The van der Waals surface area contributed by atoms with E-state index in [4.69, 9.17) is 9.47 Å². The molecule has 3 atom stereocenters. The van der Waals surface area contributed by atoms with Gasteiger partial charge < -0.3 is 14.8 Å². The summed E-state index contributed by atoms with van der Waals surface area (Å²) in [7, 11) is 0. The Morgan fingerprint density at radius 3 is 2.75 bits per heavy atom. The second-order valence-corrected chi connectivity index (χ2v) is 7.38. The molecule has 3 rings (SSSR count). The average Bonchev–Trinajstić information content (AvgIpc) is 2.46. The molecule has 0 aromatic rings. The van der Waals surface area contributed by atoms with Crippen molar-refractivity contribution in [2.24, 2.45) is 11.8 Å². The van der Waals surface area contributed by atoms with Crippen LogP contribution in [0.25, 0.3) is 0 Å². The van der Waals surface area contributed by atoms with Crippen LogP contribution in [0.5, 0.6) is 0 Å². The van der Waals surface area contributed by atoms with E-state index >= 15 is 0 Å². The number of hydrogen-bond donors (Lipinski definition) is 1. The first kappa shape index (κ1) is 14.8. The molecule has 2 heterocycles. The summed E-state index contributed by atoms with van der Waals surface area (Å²) in [5.74, 6) is 1.85. The van der Waals surface area contributed by atoms with Gasteiger partial charge in [-0.05, 0) is 56.9 Å². The lowest BCUT2D eigenvalue weighted by molar-refractivity contribution is -0.140. The molecular weight excluding hydrogens is 250 g/mol. The van der Waals surface area contributed by atoms with Crippen molar-refractivity contribution in [1.29, 1.82) is 0 Å². The van der Waals surface area contributed by atoms with Gasteiger partial charge in [-0.25, -0.2) is 0 Å². The molecule has 2 aliphatic heterocycles. The highest BCUT2D eigenvalue weighted by atomic mass is 16.5. The Hall–Kier alpha value is -0.120. The van der Waals surface area contributed by atoms with E-state index in [9.17, 15) is 0 Å². The van der Waals surface area contributed by atoms with Crippen LogP contribution >= 0.6 is 0 Å². The number of nitrogens with one attached hydrogen (secondary N) is 1. The minimum atomic E-state index is 0.133. The summed E-state index contributed by atoms with van der Waals surface area (Å²) in [5, 5.41) is 3.86. The molecule has 116 valence electrons. The van der Waals surface area contributed by atoms with Crippen molar-refractivity contribution in [1.82, 2.24) is 5.32 Å². The molecule has 1 aliphatic carbocycles. The number of hydrogen-bond acceptors (Lipinski definition) is 3. The van der Waals surface area contributed by atoms with Gasteiger partial charge in [-0.15, -0.1) is 0 Å². The molecule has 3 nitrogen and oxygen atoms in total. The molecule has 0 aromatic carbocycles. The molecule has 0 amide bonds. The molecule has 0 radical (unpaired) electrons. The maximum atomic E-state index is 6.13. The lowest BCUT2D eigenvalue weighted by atomic mass is 9.81. The van der Waals surface area contributed by atoms with Crippen LogP contribution in [0, 0.1) is 11.8 Å². The third kappa shape index (κ3) is 3.75. The maximum Gasteiger partial charge on any atom is 0.0741 e. The second-order valence-electron chi connectivity index (χ2n) is 7.38. The Labute approximate surface area is 123 Å². The van der Waals surface area contributed by atoms with Crippen LogP contribution in [0.2, 0.25) is 0 Å². The predicted octanol–water partition coefficient (Wildman–Crippen LogP) is 3.13. The van der Waals surface area contributed by atoms with E-state index in [0.29, 0.717) is 6.04 Å². The molecule has 0 aromatic heterocycles. The molecule has 3 fully saturated rings. The van der Waals surface area contributed by atoms with E-state index in [-0.39, 0.29) is 5.60 Å². The smallest absolute Gasteiger partial charge is 0.0741 e. The van der Waals surface area contributed by atoms with Gasteiger partial charge in [0.25, 0.3) is 0 Å². The quantitative estimate of drug-likeness (QED) is 0.862. The molecule has 3 heteroatoms. The van der Waals surface area contributed by atoms with E-state index in [1.807, 2.05) is 0 Å². The summed E-state index contributed by atoms with van der Waals surface area (Å²) in [5.41, 5.74) is 0.133. The predicted molar refractivity (Wildman–Crippen MR) is 80.9 cm³/mol. The zero-order chi connectivity index (χ0) is 13.8. The summed E-state index contributed by atoms with van der Waals surface area (Å²) in [6.45, 7) is 6.33. The molecule has 20 heavy (non-hydrogen) atoms. The zero-order valence-electron chi connectivity index (χ0n) is 13.0. The Morgan fingerprint density at radius 2 is 1.95 bits per heavy atom. The lowest BCUT2D eigenvalue weighted by Gasteiger charge is -2.44. The minimum absolute atomic E-state index is 0.133. The van der Waals surface area contributed by atoms with Crippen molar-refractivity contribution >= 4 is 0 Å². The maximum absolute atomic E-state index is 6.13. The van der Waals surface area contributed by atoms with Gasteiger partial charge in [0.05, 0.1) is 5.60 Å². The normalized spacial score (nSPS) is 38.0. The molecule has 2 saturated heterocycles. The van der Waals surface area contributed by atoms with Crippen LogP contribution in [-0.2, 0) is 9.47 Å². The van der Waals surface area contributed by atoms with Crippen molar-refractivity contribution in [2.75, 3.05) is 26.4 Å². The highest BCUT2D eigenvalue weighted by Crippen LogP contribution is 2.34. The molecule has 1 N–H and O–H groups in total. The third-order valence-electron chi connectivity index (χ3n) is 5.64.